The largest absolute Gasteiger partial charge is 0.481 e. The molecule has 0 bridgehead atoms. The zero-order valence-electron chi connectivity index (χ0n) is 13.0. The summed E-state index contributed by atoms with van der Waals surface area (Å²) in [4.78, 5) is 27.4. The smallest absolute Gasteiger partial charge is 0.320 e. The van der Waals surface area contributed by atoms with Crippen LogP contribution in [0.1, 0.15) is 39.5 Å². The highest BCUT2D eigenvalue weighted by Gasteiger charge is 2.33. The molecule has 2 heterocycles. The predicted molar refractivity (Wildman–Crippen MR) is 84.7 cm³/mol. The Morgan fingerprint density at radius 2 is 2.05 bits per heavy atom. The van der Waals surface area contributed by atoms with Crippen LogP contribution in [0.15, 0.2) is 0 Å². The number of carboxylic acids is 1. The van der Waals surface area contributed by atoms with Crippen LogP contribution >= 0.6 is 11.8 Å². The number of piperidine rings is 1. The number of carbonyl (C=O) groups is 2. The molecule has 0 aliphatic carbocycles. The van der Waals surface area contributed by atoms with Gasteiger partial charge in [0, 0.05) is 43.1 Å². The van der Waals surface area contributed by atoms with Crippen molar-refractivity contribution in [3.05, 3.63) is 0 Å². The van der Waals surface area contributed by atoms with E-state index in [1.54, 1.807) is 0 Å². The van der Waals surface area contributed by atoms with Gasteiger partial charge in [0.05, 0.1) is 0 Å². The van der Waals surface area contributed by atoms with Crippen molar-refractivity contribution >= 4 is 23.8 Å². The van der Waals surface area contributed by atoms with Gasteiger partial charge < -0.3 is 14.9 Å². The topological polar surface area (TPSA) is 60.9 Å². The molecule has 5 nitrogen and oxygen atoms in total. The summed E-state index contributed by atoms with van der Waals surface area (Å²) in [6.45, 7) is 6.66. The fraction of sp³-hybridized carbons (Fsp3) is 0.867. The molecule has 0 aromatic rings. The van der Waals surface area contributed by atoms with E-state index in [-0.39, 0.29) is 18.5 Å². The van der Waals surface area contributed by atoms with Crippen LogP contribution in [0.4, 0.5) is 4.79 Å². The van der Waals surface area contributed by atoms with Crippen molar-refractivity contribution in [1.82, 2.24) is 9.80 Å². The van der Waals surface area contributed by atoms with E-state index in [9.17, 15) is 9.59 Å². The summed E-state index contributed by atoms with van der Waals surface area (Å²) < 4.78 is 0. The second kappa shape index (κ2) is 7.38. The molecule has 0 spiro atoms. The Hall–Kier alpha value is -0.910. The van der Waals surface area contributed by atoms with Gasteiger partial charge >= 0.3 is 12.0 Å². The van der Waals surface area contributed by atoms with Crippen molar-refractivity contribution in [3.63, 3.8) is 0 Å². The predicted octanol–water partition coefficient (Wildman–Crippen LogP) is 2.51. The first-order valence-corrected chi connectivity index (χ1v) is 8.93. The molecule has 0 radical (unpaired) electrons. The SMILES string of the molecule is CC1SCCN(C(=O)N2CCCC(CCC(=O)O)C2)C1C. The summed E-state index contributed by atoms with van der Waals surface area (Å²) in [6.07, 6.45) is 2.92. The average molecular weight is 314 g/mol. The van der Waals surface area contributed by atoms with Crippen molar-refractivity contribution in [1.29, 1.82) is 0 Å². The zero-order valence-corrected chi connectivity index (χ0v) is 13.8. The van der Waals surface area contributed by atoms with E-state index in [0.29, 0.717) is 17.6 Å². The van der Waals surface area contributed by atoms with Crippen molar-refractivity contribution in [2.45, 2.75) is 50.8 Å². The van der Waals surface area contributed by atoms with Gasteiger partial charge in [-0.3, -0.25) is 4.79 Å². The molecule has 3 unspecified atom stereocenters. The maximum Gasteiger partial charge on any atom is 0.320 e. The van der Waals surface area contributed by atoms with Crippen molar-refractivity contribution < 1.29 is 14.7 Å². The fourth-order valence-corrected chi connectivity index (χ4v) is 4.29. The highest BCUT2D eigenvalue weighted by Crippen LogP contribution is 2.27. The third kappa shape index (κ3) is 4.28. The van der Waals surface area contributed by atoms with E-state index in [1.165, 1.54) is 0 Å². The van der Waals surface area contributed by atoms with Crippen LogP contribution in [0, 0.1) is 5.92 Å². The van der Waals surface area contributed by atoms with Gasteiger partial charge in [0.25, 0.3) is 0 Å². The van der Waals surface area contributed by atoms with Crippen LogP contribution in [0.3, 0.4) is 0 Å². The number of hydrogen-bond donors (Lipinski definition) is 1. The maximum absolute atomic E-state index is 12.7. The molecule has 120 valence electrons. The van der Waals surface area contributed by atoms with Gasteiger partial charge in [0.15, 0.2) is 0 Å². The van der Waals surface area contributed by atoms with Crippen LogP contribution in [0.2, 0.25) is 0 Å². The number of amides is 2. The number of aliphatic carboxylic acids is 1. The lowest BCUT2D eigenvalue weighted by Gasteiger charge is -2.42. The molecule has 0 aromatic heterocycles. The molecule has 0 aromatic carbocycles. The van der Waals surface area contributed by atoms with Gasteiger partial charge in [0.2, 0.25) is 0 Å². The quantitative estimate of drug-likeness (QED) is 0.869. The third-order valence-corrected chi connectivity index (χ3v) is 6.02. The van der Waals surface area contributed by atoms with Crippen LogP contribution in [0.5, 0.6) is 0 Å². The van der Waals surface area contributed by atoms with Gasteiger partial charge in [-0.25, -0.2) is 4.79 Å². The lowest BCUT2D eigenvalue weighted by atomic mass is 9.93. The van der Waals surface area contributed by atoms with Gasteiger partial charge in [-0.05, 0) is 32.1 Å². The molecular formula is C15H26N2O3S. The first-order chi connectivity index (χ1) is 9.99. The number of rotatable bonds is 3. The van der Waals surface area contributed by atoms with Crippen molar-refractivity contribution in [2.24, 2.45) is 5.92 Å². The molecule has 2 aliphatic rings. The third-order valence-electron chi connectivity index (χ3n) is 4.69. The van der Waals surface area contributed by atoms with Gasteiger partial charge in [0.1, 0.15) is 0 Å². The number of carboxylic acid groups (broad SMARTS) is 1. The lowest BCUT2D eigenvalue weighted by Crippen LogP contribution is -2.55. The molecule has 3 atom stereocenters. The van der Waals surface area contributed by atoms with E-state index in [0.717, 1.165) is 38.2 Å². The molecule has 2 fully saturated rings. The van der Waals surface area contributed by atoms with E-state index in [4.69, 9.17) is 5.11 Å². The summed E-state index contributed by atoms with van der Waals surface area (Å²) in [7, 11) is 0. The summed E-state index contributed by atoms with van der Waals surface area (Å²) in [6, 6.07) is 0.422. The van der Waals surface area contributed by atoms with Crippen LogP contribution in [-0.4, -0.2) is 63.6 Å². The minimum atomic E-state index is -0.742. The molecule has 2 aliphatic heterocycles. The van der Waals surface area contributed by atoms with E-state index >= 15 is 0 Å². The van der Waals surface area contributed by atoms with Gasteiger partial charge in [-0.2, -0.15) is 11.8 Å². The monoisotopic (exact) mass is 314 g/mol. The Kier molecular flexibility index (Phi) is 5.79. The minimum Gasteiger partial charge on any atom is -0.481 e. The molecule has 2 saturated heterocycles. The maximum atomic E-state index is 12.7. The Morgan fingerprint density at radius 1 is 1.29 bits per heavy atom. The summed E-state index contributed by atoms with van der Waals surface area (Å²) in [5.41, 5.74) is 0. The van der Waals surface area contributed by atoms with Gasteiger partial charge in [-0.1, -0.05) is 6.92 Å². The molecular weight excluding hydrogens is 288 g/mol. The van der Waals surface area contributed by atoms with Crippen LogP contribution < -0.4 is 0 Å². The van der Waals surface area contributed by atoms with Crippen molar-refractivity contribution in [2.75, 3.05) is 25.4 Å². The highest BCUT2D eigenvalue weighted by molar-refractivity contribution is 8.00. The minimum absolute atomic E-state index is 0.148. The Morgan fingerprint density at radius 3 is 2.76 bits per heavy atom. The second-order valence-electron chi connectivity index (χ2n) is 6.18. The second-order valence-corrected chi connectivity index (χ2v) is 7.66. The number of urea groups is 1. The van der Waals surface area contributed by atoms with Crippen molar-refractivity contribution in [3.8, 4) is 0 Å². The number of nitrogens with zero attached hydrogens (tertiary/aromatic N) is 2. The average Bonchev–Trinajstić information content (AvgIpc) is 2.47. The Bertz CT molecular complexity index is 391. The highest BCUT2D eigenvalue weighted by atomic mass is 32.2. The zero-order chi connectivity index (χ0) is 15.4. The molecule has 2 rings (SSSR count). The normalized spacial score (nSPS) is 30.3. The molecule has 2 amide bonds. The molecule has 0 saturated carbocycles. The molecule has 1 N–H and O–H groups in total. The number of thioether (sulfide) groups is 1. The molecule has 21 heavy (non-hydrogen) atoms. The molecule has 6 heteroatoms. The number of carbonyl (C=O) groups excluding carboxylic acids is 1. The lowest BCUT2D eigenvalue weighted by molar-refractivity contribution is -0.137. The standard InChI is InChI=1S/C15H26N2O3S/c1-11-12(2)21-9-8-17(11)15(20)16-7-3-4-13(10-16)5-6-14(18)19/h11-13H,3-10H2,1-2H3,(H,18,19). The van der Waals surface area contributed by atoms with Gasteiger partial charge in [-0.15, -0.1) is 0 Å². The van der Waals surface area contributed by atoms with E-state index < -0.39 is 5.97 Å². The summed E-state index contributed by atoms with van der Waals surface area (Å²) in [5, 5.41) is 9.28. The van der Waals surface area contributed by atoms with Crippen LogP contribution in [-0.2, 0) is 4.79 Å². The van der Waals surface area contributed by atoms with E-state index in [2.05, 4.69) is 13.8 Å². The number of hydrogen-bond acceptors (Lipinski definition) is 3. The first-order valence-electron chi connectivity index (χ1n) is 7.88. The first kappa shape index (κ1) is 16.5. The number of likely N-dealkylation sites (tertiary alicyclic amines) is 1. The summed E-state index contributed by atoms with van der Waals surface area (Å²) in [5.74, 6) is 0.604. The Labute approximate surface area is 131 Å². The van der Waals surface area contributed by atoms with Crippen LogP contribution in [0.25, 0.3) is 0 Å². The summed E-state index contributed by atoms with van der Waals surface area (Å²) >= 11 is 1.93. The Balaban J connectivity index is 1.90. The van der Waals surface area contributed by atoms with E-state index in [1.807, 2.05) is 21.6 Å². The fourth-order valence-electron chi connectivity index (χ4n) is 3.19.